The third-order valence-electron chi connectivity index (χ3n) is 3.18. The number of ether oxygens (including phenoxy) is 1. The molecule has 1 aliphatic heterocycles. The van der Waals surface area contributed by atoms with E-state index in [2.05, 4.69) is 15.0 Å². The second-order valence-corrected chi connectivity index (χ2v) is 6.83. The van der Waals surface area contributed by atoms with Crippen LogP contribution in [0, 0.1) is 0 Å². The number of anilines is 1. The number of aromatic nitrogens is 1. The maximum Gasteiger partial charge on any atom is 0.363 e. The number of β-lactam (4-membered cyclic amide) rings is 1. The normalized spacial score (nSPS) is 21.8. The molecule has 0 bridgehead atoms. The molecule has 1 aromatic rings. The molecule has 24 heavy (non-hydrogen) atoms. The van der Waals surface area contributed by atoms with Gasteiger partial charge in [-0.1, -0.05) is 0 Å². The van der Waals surface area contributed by atoms with E-state index in [4.69, 9.17) is 16.0 Å². The topological polar surface area (TPSA) is 195 Å². The Morgan fingerprint density at radius 1 is 1.54 bits per heavy atom. The molecule has 0 aliphatic carbocycles. The van der Waals surface area contributed by atoms with Crippen molar-refractivity contribution in [1.29, 1.82) is 0 Å². The fourth-order valence-corrected chi connectivity index (χ4v) is 3.47. The predicted molar refractivity (Wildman–Crippen MR) is 79.6 cm³/mol. The average Bonchev–Trinajstić information content (AvgIpc) is 2.93. The summed E-state index contributed by atoms with van der Waals surface area (Å²) in [7, 11) is -4.03. The summed E-state index contributed by atoms with van der Waals surface area (Å²) in [6.45, 7) is 0. The second-order valence-electron chi connectivity index (χ2n) is 4.65. The molecule has 132 valence electrons. The van der Waals surface area contributed by atoms with Crippen LogP contribution >= 0.6 is 11.3 Å². The molecule has 0 saturated carbocycles. The summed E-state index contributed by atoms with van der Waals surface area (Å²) in [5.41, 5.74) is 11.2. The maximum absolute atomic E-state index is 12.1. The number of hydrogen-bond donors (Lipinski definition) is 4. The highest BCUT2D eigenvalue weighted by Gasteiger charge is 2.58. The Hall–Kier alpha value is -2.29. The Kier molecular flexibility index (Phi) is 4.75. The van der Waals surface area contributed by atoms with Crippen LogP contribution in [0.3, 0.4) is 0 Å². The van der Waals surface area contributed by atoms with E-state index in [1.54, 1.807) is 0 Å². The highest BCUT2D eigenvalue weighted by molar-refractivity contribution is 7.84. The van der Waals surface area contributed by atoms with Crippen molar-refractivity contribution in [2.24, 2.45) is 5.73 Å². The molecule has 0 aromatic carbocycles. The van der Waals surface area contributed by atoms with Crippen LogP contribution in [0.5, 0.6) is 0 Å². The minimum Gasteiger partial charge on any atom is -0.467 e. The first-order valence-electron chi connectivity index (χ1n) is 6.23. The van der Waals surface area contributed by atoms with Gasteiger partial charge in [-0.25, -0.2) is 9.78 Å². The largest absolute Gasteiger partial charge is 0.467 e. The summed E-state index contributed by atoms with van der Waals surface area (Å²) < 4.78 is 35.5. The number of carbonyl (C=O) groups is 3. The number of thiazole rings is 1. The highest BCUT2D eigenvalue weighted by Crippen LogP contribution is 2.25. The van der Waals surface area contributed by atoms with Crippen LogP contribution in [0.25, 0.3) is 0 Å². The van der Waals surface area contributed by atoms with Gasteiger partial charge < -0.3 is 21.5 Å². The van der Waals surface area contributed by atoms with E-state index in [1.807, 2.05) is 0 Å². The molecule has 3 atom stereocenters. The molecular formula is C10H13N5O7S2. The fourth-order valence-electron chi connectivity index (χ4n) is 2.03. The van der Waals surface area contributed by atoms with Crippen molar-refractivity contribution in [3.63, 3.8) is 0 Å². The van der Waals surface area contributed by atoms with Crippen LogP contribution in [0.1, 0.15) is 11.7 Å². The molecule has 1 fully saturated rings. The van der Waals surface area contributed by atoms with E-state index in [0.717, 1.165) is 18.4 Å². The lowest BCUT2D eigenvalue weighted by Gasteiger charge is -2.42. The van der Waals surface area contributed by atoms with Gasteiger partial charge in [0.25, 0.3) is 5.91 Å². The standard InChI is InChI=1S/C10H13N5O7S2/c1-22-9(18)6-5(8(17)15(6)24(19,20)21)14-7(16)4(11)3-2-23-10(12)13-3/h2,4-6H,11H2,1H3,(H2,12,13)(H,14,16)(H,19,20,21). The summed E-state index contributed by atoms with van der Waals surface area (Å²) in [6.07, 6.45) is 0. The van der Waals surface area contributed by atoms with Gasteiger partial charge in [-0.15, -0.1) is 11.3 Å². The van der Waals surface area contributed by atoms with E-state index in [-0.39, 0.29) is 15.1 Å². The van der Waals surface area contributed by atoms with Crippen LogP contribution < -0.4 is 16.8 Å². The molecule has 3 unspecified atom stereocenters. The molecule has 2 rings (SSSR count). The molecule has 6 N–H and O–H groups in total. The van der Waals surface area contributed by atoms with Crippen LogP contribution in [0.15, 0.2) is 5.38 Å². The van der Waals surface area contributed by atoms with Gasteiger partial charge in [-0.2, -0.15) is 12.7 Å². The van der Waals surface area contributed by atoms with Crippen LogP contribution in [-0.4, -0.2) is 59.2 Å². The van der Waals surface area contributed by atoms with Gasteiger partial charge in [0.15, 0.2) is 11.2 Å². The number of carbonyl (C=O) groups excluding carboxylic acids is 3. The van der Waals surface area contributed by atoms with Gasteiger partial charge in [0.1, 0.15) is 12.1 Å². The molecule has 0 radical (unpaired) electrons. The number of amides is 2. The number of esters is 1. The van der Waals surface area contributed by atoms with E-state index < -0.39 is 46.2 Å². The predicted octanol–water partition coefficient (Wildman–Crippen LogP) is -2.60. The number of nitrogens with two attached hydrogens (primary N) is 2. The molecule has 1 aliphatic rings. The van der Waals surface area contributed by atoms with Crippen LogP contribution in [0.2, 0.25) is 0 Å². The number of nitrogens with one attached hydrogen (secondary N) is 1. The van der Waals surface area contributed by atoms with Crippen molar-refractivity contribution in [3.8, 4) is 0 Å². The Labute approximate surface area is 139 Å². The zero-order valence-corrected chi connectivity index (χ0v) is 13.7. The smallest absolute Gasteiger partial charge is 0.363 e. The van der Waals surface area contributed by atoms with Crippen molar-refractivity contribution in [3.05, 3.63) is 11.1 Å². The number of methoxy groups -OCH3 is 1. The quantitative estimate of drug-likeness (QED) is 0.239. The van der Waals surface area contributed by atoms with Crippen molar-refractivity contribution < 1.29 is 32.1 Å². The third-order valence-corrected chi connectivity index (χ3v) is 4.78. The lowest BCUT2D eigenvalue weighted by atomic mass is 9.98. The Morgan fingerprint density at radius 2 is 2.17 bits per heavy atom. The maximum atomic E-state index is 12.1. The highest BCUT2D eigenvalue weighted by atomic mass is 32.2. The Bertz CT molecular complexity index is 791. The van der Waals surface area contributed by atoms with E-state index in [1.165, 1.54) is 5.38 Å². The lowest BCUT2D eigenvalue weighted by molar-refractivity contribution is -0.162. The van der Waals surface area contributed by atoms with Gasteiger partial charge >= 0.3 is 16.3 Å². The zero-order chi connectivity index (χ0) is 18.2. The SMILES string of the molecule is COC(=O)C1C(NC(=O)C(N)c2csc(N)n2)C(=O)N1S(=O)(=O)O. The van der Waals surface area contributed by atoms with Gasteiger partial charge in [0.2, 0.25) is 5.91 Å². The third kappa shape index (κ3) is 3.16. The van der Waals surface area contributed by atoms with Gasteiger partial charge in [-0.3, -0.25) is 14.1 Å². The van der Waals surface area contributed by atoms with Crippen molar-refractivity contribution >= 4 is 44.6 Å². The Balaban J connectivity index is 2.17. The summed E-state index contributed by atoms with van der Waals surface area (Å²) in [6, 6.07) is -4.56. The number of rotatable bonds is 5. The van der Waals surface area contributed by atoms with E-state index in [0.29, 0.717) is 0 Å². The van der Waals surface area contributed by atoms with Crippen LogP contribution in [0.4, 0.5) is 5.13 Å². The molecule has 2 heterocycles. The summed E-state index contributed by atoms with van der Waals surface area (Å²) in [4.78, 5) is 39.3. The summed E-state index contributed by atoms with van der Waals surface area (Å²) in [5.74, 6) is -3.22. The van der Waals surface area contributed by atoms with E-state index >= 15 is 0 Å². The molecule has 14 heteroatoms. The van der Waals surface area contributed by atoms with Gasteiger partial charge in [0, 0.05) is 5.38 Å². The molecular weight excluding hydrogens is 366 g/mol. The second kappa shape index (κ2) is 6.31. The van der Waals surface area contributed by atoms with Crippen molar-refractivity contribution in [1.82, 2.24) is 14.6 Å². The molecule has 1 aromatic heterocycles. The average molecular weight is 379 g/mol. The van der Waals surface area contributed by atoms with Crippen molar-refractivity contribution in [2.45, 2.75) is 18.1 Å². The lowest BCUT2D eigenvalue weighted by Crippen LogP contribution is -2.74. The van der Waals surface area contributed by atoms with E-state index in [9.17, 15) is 22.8 Å². The Morgan fingerprint density at radius 3 is 2.62 bits per heavy atom. The first-order valence-corrected chi connectivity index (χ1v) is 8.51. The first kappa shape index (κ1) is 18.1. The molecule has 1 saturated heterocycles. The van der Waals surface area contributed by atoms with Gasteiger partial charge in [0.05, 0.1) is 12.8 Å². The number of nitrogens with zero attached hydrogens (tertiary/aromatic N) is 2. The summed E-state index contributed by atoms with van der Waals surface area (Å²) in [5, 5.41) is 3.75. The zero-order valence-electron chi connectivity index (χ0n) is 12.1. The summed E-state index contributed by atoms with van der Waals surface area (Å²) >= 11 is 1.05. The fraction of sp³-hybridized carbons (Fsp3) is 0.400. The minimum atomic E-state index is -4.98. The van der Waals surface area contributed by atoms with Gasteiger partial charge in [-0.05, 0) is 0 Å². The molecule has 2 amide bonds. The molecule has 12 nitrogen and oxygen atoms in total. The van der Waals surface area contributed by atoms with Crippen molar-refractivity contribution in [2.75, 3.05) is 12.8 Å². The minimum absolute atomic E-state index is 0.0872. The number of hydrogen-bond acceptors (Lipinski definition) is 10. The first-order chi connectivity index (χ1) is 11.1. The molecule has 0 spiro atoms. The number of nitrogen functional groups attached to an aromatic ring is 1. The van der Waals surface area contributed by atoms with Crippen LogP contribution in [-0.2, 0) is 29.4 Å². The monoisotopic (exact) mass is 379 g/mol.